The summed E-state index contributed by atoms with van der Waals surface area (Å²) in [7, 11) is 0. The first-order valence-corrected chi connectivity index (χ1v) is 6.26. The number of aromatic amines is 1. The maximum atomic E-state index is 11.9. The molecule has 3 N–H and O–H groups in total. The Morgan fingerprint density at radius 2 is 2.20 bits per heavy atom. The highest BCUT2D eigenvalue weighted by Gasteiger charge is 2.21. The molecule has 0 fully saturated rings. The minimum atomic E-state index is -0.223. The lowest BCUT2D eigenvalue weighted by molar-refractivity contribution is -0.111. The van der Waals surface area contributed by atoms with Crippen LogP contribution in [0.5, 0.6) is 0 Å². The molecule has 1 aromatic heterocycles. The van der Waals surface area contributed by atoms with Crippen LogP contribution in [0.2, 0.25) is 0 Å². The van der Waals surface area contributed by atoms with E-state index in [0.29, 0.717) is 17.8 Å². The predicted octanol–water partition coefficient (Wildman–Crippen LogP) is 1.91. The highest BCUT2D eigenvalue weighted by molar-refractivity contribution is 6.05. The molecule has 1 aromatic carbocycles. The lowest BCUT2D eigenvalue weighted by atomic mass is 10.1. The number of anilines is 1. The molecule has 0 radical (unpaired) electrons. The summed E-state index contributed by atoms with van der Waals surface area (Å²) in [5.41, 5.74) is 3.05. The first kappa shape index (κ1) is 12.2. The van der Waals surface area contributed by atoms with Crippen molar-refractivity contribution in [2.75, 3.05) is 5.32 Å². The van der Waals surface area contributed by atoms with Gasteiger partial charge in [0.15, 0.2) is 0 Å². The summed E-state index contributed by atoms with van der Waals surface area (Å²) < 4.78 is 0. The smallest absolute Gasteiger partial charge is 0.251 e. The Kier molecular flexibility index (Phi) is 3.09. The van der Waals surface area contributed by atoms with E-state index in [9.17, 15) is 9.59 Å². The third-order valence-corrected chi connectivity index (χ3v) is 3.15. The van der Waals surface area contributed by atoms with E-state index in [-0.39, 0.29) is 11.8 Å². The van der Waals surface area contributed by atoms with Crippen LogP contribution in [0.15, 0.2) is 42.7 Å². The second-order valence-electron chi connectivity index (χ2n) is 4.48. The summed E-state index contributed by atoms with van der Waals surface area (Å²) in [5, 5.41) is 5.54. The van der Waals surface area contributed by atoms with Crippen LogP contribution in [0.3, 0.4) is 0 Å². The van der Waals surface area contributed by atoms with E-state index in [4.69, 9.17) is 0 Å². The van der Waals surface area contributed by atoms with E-state index in [0.717, 1.165) is 11.1 Å². The molecule has 1 aliphatic heterocycles. The number of carbonyl (C=O) groups excluding carboxylic acids is 2. The van der Waals surface area contributed by atoms with Crippen molar-refractivity contribution < 1.29 is 9.59 Å². The lowest BCUT2D eigenvalue weighted by Gasteiger charge is -2.06. The average Bonchev–Trinajstić information content (AvgIpc) is 3.08. The first-order chi connectivity index (χ1) is 9.74. The van der Waals surface area contributed by atoms with Gasteiger partial charge in [0.05, 0.1) is 0 Å². The first-order valence-electron chi connectivity index (χ1n) is 6.26. The summed E-state index contributed by atoms with van der Waals surface area (Å²) in [6.45, 7) is 0.451. The molecule has 100 valence electrons. The van der Waals surface area contributed by atoms with Crippen molar-refractivity contribution in [2.24, 2.45) is 0 Å². The summed E-state index contributed by atoms with van der Waals surface area (Å²) in [6.07, 6.45) is 6.77. The molecular formula is C15H13N3O2. The fraction of sp³-hybridized carbons (Fsp3) is 0.0667. The molecule has 20 heavy (non-hydrogen) atoms. The van der Waals surface area contributed by atoms with Gasteiger partial charge in [0.2, 0.25) is 5.91 Å². The predicted molar refractivity (Wildman–Crippen MR) is 76.1 cm³/mol. The van der Waals surface area contributed by atoms with E-state index >= 15 is 0 Å². The maximum Gasteiger partial charge on any atom is 0.251 e. The van der Waals surface area contributed by atoms with Crippen LogP contribution in [0.25, 0.3) is 6.08 Å². The minimum absolute atomic E-state index is 0.0982. The Hall–Kier alpha value is -2.82. The zero-order valence-corrected chi connectivity index (χ0v) is 10.6. The Labute approximate surface area is 115 Å². The SMILES string of the molecule is O=C(C=Cc1cc[nH]c1)Nc1cccc2c1CNC2=O. The van der Waals surface area contributed by atoms with E-state index < -0.39 is 0 Å². The number of rotatable bonds is 3. The van der Waals surface area contributed by atoms with E-state index in [1.54, 1.807) is 36.7 Å². The fourth-order valence-corrected chi connectivity index (χ4v) is 2.16. The summed E-state index contributed by atoms with van der Waals surface area (Å²) in [6, 6.07) is 7.17. The number of H-pyrrole nitrogens is 1. The molecule has 0 aliphatic carbocycles. The van der Waals surface area contributed by atoms with Crippen LogP contribution in [-0.2, 0) is 11.3 Å². The van der Waals surface area contributed by atoms with Gasteiger partial charge >= 0.3 is 0 Å². The van der Waals surface area contributed by atoms with Gasteiger partial charge in [-0.25, -0.2) is 0 Å². The van der Waals surface area contributed by atoms with E-state index in [1.165, 1.54) is 6.08 Å². The van der Waals surface area contributed by atoms with Crippen molar-refractivity contribution in [1.82, 2.24) is 10.3 Å². The van der Waals surface area contributed by atoms with Crippen LogP contribution < -0.4 is 10.6 Å². The summed E-state index contributed by atoms with van der Waals surface area (Å²) >= 11 is 0. The van der Waals surface area contributed by atoms with Crippen molar-refractivity contribution in [2.45, 2.75) is 6.54 Å². The number of carbonyl (C=O) groups is 2. The number of nitrogens with one attached hydrogen (secondary N) is 3. The van der Waals surface area contributed by atoms with Gasteiger partial charge in [0, 0.05) is 41.8 Å². The van der Waals surface area contributed by atoms with Crippen LogP contribution in [0, 0.1) is 0 Å². The largest absolute Gasteiger partial charge is 0.367 e. The van der Waals surface area contributed by atoms with Crippen LogP contribution >= 0.6 is 0 Å². The van der Waals surface area contributed by atoms with Crippen molar-refractivity contribution >= 4 is 23.6 Å². The van der Waals surface area contributed by atoms with Gasteiger partial charge in [0.25, 0.3) is 5.91 Å². The zero-order chi connectivity index (χ0) is 13.9. The molecule has 3 rings (SSSR count). The Morgan fingerprint density at radius 1 is 1.30 bits per heavy atom. The standard InChI is InChI=1S/C15H13N3O2/c19-14(5-4-10-6-7-16-8-10)18-13-3-1-2-11-12(13)9-17-15(11)20/h1-8,16H,9H2,(H,17,20)(H,18,19). The molecule has 0 bridgehead atoms. The molecule has 0 saturated carbocycles. The molecule has 5 heteroatoms. The van der Waals surface area contributed by atoms with E-state index in [1.807, 2.05) is 6.07 Å². The van der Waals surface area contributed by atoms with Crippen molar-refractivity contribution in [3.05, 3.63) is 59.4 Å². The Morgan fingerprint density at radius 3 is 3.00 bits per heavy atom. The third-order valence-electron chi connectivity index (χ3n) is 3.15. The number of benzene rings is 1. The number of aromatic nitrogens is 1. The fourth-order valence-electron chi connectivity index (χ4n) is 2.16. The average molecular weight is 267 g/mol. The molecule has 0 unspecified atom stereocenters. The van der Waals surface area contributed by atoms with Gasteiger partial charge in [-0.2, -0.15) is 0 Å². The highest BCUT2D eigenvalue weighted by Crippen LogP contribution is 2.24. The lowest BCUT2D eigenvalue weighted by Crippen LogP contribution is -2.12. The van der Waals surface area contributed by atoms with Crippen LogP contribution in [-0.4, -0.2) is 16.8 Å². The number of hydrogen-bond acceptors (Lipinski definition) is 2. The molecular weight excluding hydrogens is 254 g/mol. The van der Waals surface area contributed by atoms with Gasteiger partial charge in [-0.3, -0.25) is 9.59 Å². The summed E-state index contributed by atoms with van der Waals surface area (Å²) in [4.78, 5) is 26.3. The molecule has 1 aliphatic rings. The molecule has 2 amide bonds. The van der Waals surface area contributed by atoms with Crippen molar-refractivity contribution in [1.29, 1.82) is 0 Å². The Balaban J connectivity index is 1.76. The highest BCUT2D eigenvalue weighted by atomic mass is 16.2. The Bertz CT molecular complexity index is 687. The van der Waals surface area contributed by atoms with Gasteiger partial charge < -0.3 is 15.6 Å². The van der Waals surface area contributed by atoms with Crippen molar-refractivity contribution in [3.8, 4) is 0 Å². The van der Waals surface area contributed by atoms with Gasteiger partial charge in [-0.1, -0.05) is 6.07 Å². The van der Waals surface area contributed by atoms with Crippen molar-refractivity contribution in [3.63, 3.8) is 0 Å². The molecule has 0 atom stereocenters. The van der Waals surface area contributed by atoms with Crippen LogP contribution in [0.1, 0.15) is 21.5 Å². The second kappa shape index (κ2) is 5.05. The topological polar surface area (TPSA) is 74.0 Å². The zero-order valence-electron chi connectivity index (χ0n) is 10.6. The summed E-state index contributed by atoms with van der Waals surface area (Å²) in [5.74, 6) is -0.321. The molecule has 0 saturated heterocycles. The normalized spacial score (nSPS) is 13.3. The molecule has 5 nitrogen and oxygen atoms in total. The third kappa shape index (κ3) is 2.33. The molecule has 2 aromatic rings. The maximum absolute atomic E-state index is 11.9. The number of fused-ring (bicyclic) bond motifs is 1. The quantitative estimate of drug-likeness (QED) is 0.743. The van der Waals surface area contributed by atoms with Gasteiger partial charge in [-0.15, -0.1) is 0 Å². The number of hydrogen-bond donors (Lipinski definition) is 3. The monoisotopic (exact) mass is 267 g/mol. The van der Waals surface area contributed by atoms with Crippen LogP contribution in [0.4, 0.5) is 5.69 Å². The van der Waals surface area contributed by atoms with Gasteiger partial charge in [0.1, 0.15) is 0 Å². The number of amides is 2. The van der Waals surface area contributed by atoms with Gasteiger partial charge in [-0.05, 0) is 29.8 Å². The minimum Gasteiger partial charge on any atom is -0.367 e. The second-order valence-corrected chi connectivity index (χ2v) is 4.48. The molecule has 0 spiro atoms. The molecule has 2 heterocycles. The van der Waals surface area contributed by atoms with E-state index in [2.05, 4.69) is 15.6 Å².